The minimum Gasteiger partial charge on any atom is -0.508 e. The Hall–Kier alpha value is -3.95. The molecule has 0 atom stereocenters. The molecule has 0 aliphatic heterocycles. The Kier molecular flexibility index (Phi) is 6.84. The first-order valence-corrected chi connectivity index (χ1v) is 12.7. The van der Waals surface area contributed by atoms with Gasteiger partial charge in [0.05, 0.1) is 23.4 Å². The Morgan fingerprint density at radius 2 is 1.94 bits per heavy atom. The summed E-state index contributed by atoms with van der Waals surface area (Å²) in [5, 5.41) is 17.6. The molecule has 0 saturated carbocycles. The molecule has 0 fully saturated rings. The molecule has 0 aliphatic rings. The van der Waals surface area contributed by atoms with Crippen molar-refractivity contribution < 1.29 is 19.1 Å². The quantitative estimate of drug-likeness (QED) is 0.236. The van der Waals surface area contributed by atoms with E-state index in [0.29, 0.717) is 32.8 Å². The molecule has 3 aromatic carbocycles. The highest BCUT2D eigenvalue weighted by molar-refractivity contribution is 9.10. The number of phenols is 1. The van der Waals surface area contributed by atoms with Crippen LogP contribution < -0.4 is 15.7 Å². The molecule has 0 spiro atoms. The van der Waals surface area contributed by atoms with Gasteiger partial charge in [-0.1, -0.05) is 12.1 Å². The van der Waals surface area contributed by atoms with E-state index in [1.165, 1.54) is 17.4 Å². The van der Waals surface area contributed by atoms with E-state index in [-0.39, 0.29) is 11.3 Å². The van der Waals surface area contributed by atoms with E-state index < -0.39 is 5.91 Å². The fourth-order valence-electron chi connectivity index (χ4n) is 3.57. The number of amides is 1. The SMILES string of the molecule is CCOc1ccc(-c2csc(-c3cc4ccc(O)cc4oc3=NNC(=O)c3ccccc3Br)n2)cc1. The number of rotatable bonds is 6. The van der Waals surface area contributed by atoms with Gasteiger partial charge < -0.3 is 14.3 Å². The molecule has 2 N–H and O–H groups in total. The lowest BCUT2D eigenvalue weighted by atomic mass is 10.1. The second-order valence-electron chi connectivity index (χ2n) is 7.72. The normalized spacial score (nSPS) is 11.6. The molecule has 1 amide bonds. The topological polar surface area (TPSA) is 97.0 Å². The molecule has 0 bridgehead atoms. The largest absolute Gasteiger partial charge is 0.508 e. The molecular formula is C27H20BrN3O4S. The van der Waals surface area contributed by atoms with Crippen molar-refractivity contribution in [1.82, 2.24) is 10.4 Å². The van der Waals surface area contributed by atoms with Crippen molar-refractivity contribution in [3.63, 3.8) is 0 Å². The number of phenolic OH excluding ortho intramolecular Hbond substituents is 1. The summed E-state index contributed by atoms with van der Waals surface area (Å²) in [4.78, 5) is 17.5. The second kappa shape index (κ2) is 10.3. The molecule has 7 nitrogen and oxygen atoms in total. The fraction of sp³-hybridized carbons (Fsp3) is 0.0741. The molecule has 0 unspecified atom stereocenters. The monoisotopic (exact) mass is 561 g/mol. The summed E-state index contributed by atoms with van der Waals surface area (Å²) in [7, 11) is 0. The summed E-state index contributed by atoms with van der Waals surface area (Å²) < 4.78 is 12.2. The van der Waals surface area contributed by atoms with Crippen molar-refractivity contribution in [2.75, 3.05) is 6.61 Å². The van der Waals surface area contributed by atoms with Gasteiger partial charge in [0.15, 0.2) is 0 Å². The van der Waals surface area contributed by atoms with Crippen molar-refractivity contribution in [2.24, 2.45) is 5.10 Å². The third-order valence-electron chi connectivity index (χ3n) is 5.31. The van der Waals surface area contributed by atoms with Crippen molar-refractivity contribution in [3.05, 3.63) is 93.8 Å². The zero-order valence-corrected chi connectivity index (χ0v) is 21.5. The van der Waals surface area contributed by atoms with E-state index in [1.807, 2.05) is 48.7 Å². The molecule has 2 aromatic heterocycles. The number of ether oxygens (including phenoxy) is 1. The van der Waals surface area contributed by atoms with Gasteiger partial charge in [0.1, 0.15) is 22.1 Å². The van der Waals surface area contributed by atoms with Crippen LogP contribution in [0.2, 0.25) is 0 Å². The minimum atomic E-state index is -0.395. The first kappa shape index (κ1) is 23.8. The Labute approximate surface area is 218 Å². The maximum atomic E-state index is 12.7. The lowest BCUT2D eigenvalue weighted by Gasteiger charge is -2.05. The fourth-order valence-corrected chi connectivity index (χ4v) is 4.87. The molecular weight excluding hydrogens is 542 g/mol. The van der Waals surface area contributed by atoms with Gasteiger partial charge in [-0.3, -0.25) is 4.79 Å². The smallest absolute Gasteiger partial charge is 0.272 e. The first-order valence-electron chi connectivity index (χ1n) is 11.1. The molecule has 5 aromatic rings. The summed E-state index contributed by atoms with van der Waals surface area (Å²) in [5.41, 5.74) is 5.96. The average molecular weight is 562 g/mol. The van der Waals surface area contributed by atoms with Crippen LogP contribution in [0.4, 0.5) is 0 Å². The summed E-state index contributed by atoms with van der Waals surface area (Å²) in [6, 6.07) is 21.5. The van der Waals surface area contributed by atoms with Crippen molar-refractivity contribution in [3.8, 4) is 33.3 Å². The first-order chi connectivity index (χ1) is 17.5. The summed E-state index contributed by atoms with van der Waals surface area (Å²) >= 11 is 4.82. The predicted octanol–water partition coefficient (Wildman–Crippen LogP) is 6.34. The summed E-state index contributed by atoms with van der Waals surface area (Å²) in [5.74, 6) is 0.471. The Morgan fingerprint density at radius 1 is 1.14 bits per heavy atom. The van der Waals surface area contributed by atoms with E-state index in [2.05, 4.69) is 26.5 Å². The highest BCUT2D eigenvalue weighted by atomic mass is 79.9. The molecule has 180 valence electrons. The Morgan fingerprint density at radius 3 is 2.72 bits per heavy atom. The molecule has 5 rings (SSSR count). The molecule has 2 heterocycles. The zero-order chi connectivity index (χ0) is 25.1. The maximum absolute atomic E-state index is 12.7. The second-order valence-corrected chi connectivity index (χ2v) is 9.43. The number of nitrogens with one attached hydrogen (secondary N) is 1. The van der Waals surface area contributed by atoms with Gasteiger partial charge in [-0.05, 0) is 77.5 Å². The predicted molar refractivity (Wildman–Crippen MR) is 143 cm³/mol. The van der Waals surface area contributed by atoms with E-state index in [1.54, 1.807) is 30.3 Å². The van der Waals surface area contributed by atoms with Gasteiger partial charge >= 0.3 is 0 Å². The molecule has 9 heteroatoms. The molecule has 0 aliphatic carbocycles. The number of carbonyl (C=O) groups is 1. The summed E-state index contributed by atoms with van der Waals surface area (Å²) in [6.07, 6.45) is 0. The molecule has 0 saturated heterocycles. The van der Waals surface area contributed by atoms with Crippen LogP contribution in [0.15, 0.2) is 92.2 Å². The van der Waals surface area contributed by atoms with Crippen LogP contribution in [0, 0.1) is 0 Å². The third-order valence-corrected chi connectivity index (χ3v) is 6.87. The zero-order valence-electron chi connectivity index (χ0n) is 19.1. The number of aromatic nitrogens is 1. The number of hydrogen-bond acceptors (Lipinski definition) is 7. The van der Waals surface area contributed by atoms with Crippen molar-refractivity contribution in [2.45, 2.75) is 6.92 Å². The maximum Gasteiger partial charge on any atom is 0.272 e. The van der Waals surface area contributed by atoms with Crippen LogP contribution >= 0.6 is 27.3 Å². The van der Waals surface area contributed by atoms with Crippen LogP contribution in [0.5, 0.6) is 11.5 Å². The lowest BCUT2D eigenvalue weighted by molar-refractivity contribution is 0.0950. The number of aromatic hydroxyl groups is 1. The van der Waals surface area contributed by atoms with Crippen LogP contribution in [0.25, 0.3) is 32.8 Å². The minimum absolute atomic E-state index is 0.0641. The number of nitrogens with zero attached hydrogens (tertiary/aromatic N) is 2. The van der Waals surface area contributed by atoms with E-state index in [9.17, 15) is 9.90 Å². The number of fused-ring (bicyclic) bond motifs is 1. The van der Waals surface area contributed by atoms with Gasteiger partial charge in [-0.25, -0.2) is 10.4 Å². The molecule has 36 heavy (non-hydrogen) atoms. The van der Waals surface area contributed by atoms with Crippen molar-refractivity contribution >= 4 is 44.1 Å². The highest BCUT2D eigenvalue weighted by Gasteiger charge is 2.14. The van der Waals surface area contributed by atoms with Crippen LogP contribution in [-0.2, 0) is 0 Å². The number of hydrogen-bond donors (Lipinski definition) is 2. The van der Waals surface area contributed by atoms with Gasteiger partial charge in [0.25, 0.3) is 5.91 Å². The lowest BCUT2D eigenvalue weighted by Crippen LogP contribution is -2.22. The average Bonchev–Trinajstić information content (AvgIpc) is 3.38. The van der Waals surface area contributed by atoms with Crippen molar-refractivity contribution in [1.29, 1.82) is 0 Å². The van der Waals surface area contributed by atoms with Crippen LogP contribution in [0.1, 0.15) is 17.3 Å². The third kappa shape index (κ3) is 5.02. The highest BCUT2D eigenvalue weighted by Crippen LogP contribution is 2.30. The van der Waals surface area contributed by atoms with E-state index >= 15 is 0 Å². The number of halogens is 1. The van der Waals surface area contributed by atoms with Gasteiger partial charge in [-0.15, -0.1) is 16.4 Å². The standard InChI is InChI=1S/C27H20BrN3O4S/c1-2-34-19-11-8-16(9-12-19)23-15-36-27(29-23)21-13-17-7-10-18(32)14-24(17)35-26(21)31-30-25(33)20-5-3-4-6-22(20)28/h3-15,32H,2H2,1H3,(H,30,33). The number of carbonyl (C=O) groups excluding carboxylic acids is 1. The number of benzene rings is 3. The van der Waals surface area contributed by atoms with E-state index in [4.69, 9.17) is 14.1 Å². The number of thiazole rings is 1. The summed E-state index contributed by atoms with van der Waals surface area (Å²) in [6.45, 7) is 2.55. The van der Waals surface area contributed by atoms with Crippen LogP contribution in [-0.4, -0.2) is 22.6 Å². The van der Waals surface area contributed by atoms with Gasteiger partial charge in [0, 0.05) is 26.9 Å². The van der Waals surface area contributed by atoms with Crippen LogP contribution in [0.3, 0.4) is 0 Å². The van der Waals surface area contributed by atoms with Gasteiger partial charge in [0.2, 0.25) is 5.55 Å². The Bertz CT molecular complexity index is 1630. The van der Waals surface area contributed by atoms with E-state index in [0.717, 1.165) is 22.4 Å². The Balaban J connectivity index is 1.55. The molecule has 0 radical (unpaired) electrons. The van der Waals surface area contributed by atoms with Gasteiger partial charge in [-0.2, -0.15) is 0 Å².